The summed E-state index contributed by atoms with van der Waals surface area (Å²) in [6.45, 7) is 9.73. The molecule has 0 heterocycles. The SMILES string of the molecule is C=CCON=C(CCC)C1=CCC(C)(C)C(C=O)C1=O. The van der Waals surface area contributed by atoms with Crippen molar-refractivity contribution in [3.63, 3.8) is 0 Å². The molecule has 1 atom stereocenters. The van der Waals surface area contributed by atoms with Gasteiger partial charge in [0.1, 0.15) is 12.9 Å². The molecule has 0 saturated carbocycles. The van der Waals surface area contributed by atoms with Gasteiger partial charge in [-0.2, -0.15) is 0 Å². The summed E-state index contributed by atoms with van der Waals surface area (Å²) in [4.78, 5) is 28.8. The molecule has 1 aliphatic carbocycles. The summed E-state index contributed by atoms with van der Waals surface area (Å²) < 4.78 is 0. The van der Waals surface area contributed by atoms with Crippen LogP contribution in [0.15, 0.2) is 29.5 Å². The summed E-state index contributed by atoms with van der Waals surface area (Å²) in [6.07, 6.45) is 6.43. The molecule has 0 radical (unpaired) electrons. The van der Waals surface area contributed by atoms with E-state index in [1.807, 2.05) is 26.8 Å². The van der Waals surface area contributed by atoms with Crippen molar-refractivity contribution in [1.29, 1.82) is 0 Å². The molecule has 0 saturated heterocycles. The van der Waals surface area contributed by atoms with E-state index in [9.17, 15) is 9.59 Å². The van der Waals surface area contributed by atoms with Crippen LogP contribution in [0.5, 0.6) is 0 Å². The molecule has 4 heteroatoms. The number of allylic oxidation sites excluding steroid dienone is 2. The van der Waals surface area contributed by atoms with Gasteiger partial charge >= 0.3 is 0 Å². The number of nitrogens with zero attached hydrogens (tertiary/aromatic N) is 1. The van der Waals surface area contributed by atoms with Gasteiger partial charge in [-0.25, -0.2) is 0 Å². The van der Waals surface area contributed by atoms with Crippen molar-refractivity contribution >= 4 is 17.8 Å². The van der Waals surface area contributed by atoms with E-state index in [0.29, 0.717) is 30.7 Å². The minimum atomic E-state index is -0.607. The maximum absolute atomic E-state index is 12.5. The first-order valence-electron chi connectivity index (χ1n) is 6.97. The second-order valence-electron chi connectivity index (χ2n) is 5.66. The summed E-state index contributed by atoms with van der Waals surface area (Å²) in [5.41, 5.74) is 0.829. The number of hydrogen-bond donors (Lipinski definition) is 0. The Kier molecular flexibility index (Phi) is 5.86. The number of Topliss-reactive ketones (excluding diaryl/α,β-unsaturated/α-hetero) is 1. The van der Waals surface area contributed by atoms with Gasteiger partial charge in [0.05, 0.1) is 11.6 Å². The van der Waals surface area contributed by atoms with Crippen LogP contribution in [-0.4, -0.2) is 24.4 Å². The molecule has 110 valence electrons. The zero-order chi connectivity index (χ0) is 15.2. The van der Waals surface area contributed by atoms with Crippen LogP contribution >= 0.6 is 0 Å². The van der Waals surface area contributed by atoms with Gasteiger partial charge in [0.2, 0.25) is 0 Å². The maximum Gasteiger partial charge on any atom is 0.175 e. The first-order chi connectivity index (χ1) is 9.47. The Morgan fingerprint density at radius 1 is 1.60 bits per heavy atom. The first-order valence-corrected chi connectivity index (χ1v) is 6.97. The number of aldehydes is 1. The van der Waals surface area contributed by atoms with Crippen LogP contribution in [0.4, 0.5) is 0 Å². The molecular weight excluding hydrogens is 254 g/mol. The Morgan fingerprint density at radius 2 is 2.30 bits per heavy atom. The minimum Gasteiger partial charge on any atom is -0.391 e. The fourth-order valence-electron chi connectivity index (χ4n) is 2.26. The number of oxime groups is 1. The summed E-state index contributed by atoms with van der Waals surface area (Å²) >= 11 is 0. The van der Waals surface area contributed by atoms with Gasteiger partial charge in [0.15, 0.2) is 5.78 Å². The Bertz CT molecular complexity index is 447. The van der Waals surface area contributed by atoms with Crippen molar-refractivity contribution in [1.82, 2.24) is 0 Å². The third-order valence-corrected chi connectivity index (χ3v) is 3.52. The molecule has 0 bridgehead atoms. The fourth-order valence-corrected chi connectivity index (χ4v) is 2.26. The normalized spacial score (nSPS) is 22.1. The average Bonchev–Trinajstić information content (AvgIpc) is 2.38. The van der Waals surface area contributed by atoms with Crippen molar-refractivity contribution < 1.29 is 14.4 Å². The highest BCUT2D eigenvalue weighted by Crippen LogP contribution is 2.37. The lowest BCUT2D eigenvalue weighted by Gasteiger charge is -2.33. The maximum atomic E-state index is 12.5. The lowest BCUT2D eigenvalue weighted by atomic mass is 9.68. The van der Waals surface area contributed by atoms with E-state index in [2.05, 4.69) is 11.7 Å². The molecule has 0 aliphatic heterocycles. The van der Waals surface area contributed by atoms with Crippen LogP contribution in [-0.2, 0) is 14.4 Å². The van der Waals surface area contributed by atoms with Gasteiger partial charge in [-0.1, -0.05) is 51.1 Å². The van der Waals surface area contributed by atoms with Crippen LogP contribution < -0.4 is 0 Å². The molecule has 20 heavy (non-hydrogen) atoms. The molecule has 0 aromatic carbocycles. The smallest absolute Gasteiger partial charge is 0.175 e. The summed E-state index contributed by atoms with van der Waals surface area (Å²) in [5, 5.41) is 4.03. The molecule has 0 amide bonds. The van der Waals surface area contributed by atoms with Crippen molar-refractivity contribution in [2.24, 2.45) is 16.5 Å². The quantitative estimate of drug-likeness (QED) is 0.179. The van der Waals surface area contributed by atoms with Crippen LogP contribution in [0.3, 0.4) is 0 Å². The predicted molar refractivity (Wildman–Crippen MR) is 79.5 cm³/mol. The van der Waals surface area contributed by atoms with E-state index in [1.165, 1.54) is 0 Å². The molecule has 0 fully saturated rings. The number of carbonyl (C=O) groups is 2. The molecule has 0 aromatic heterocycles. The zero-order valence-corrected chi connectivity index (χ0v) is 12.5. The Labute approximate surface area is 120 Å². The summed E-state index contributed by atoms with van der Waals surface area (Å²) in [5.74, 6) is -0.755. The van der Waals surface area contributed by atoms with Gasteiger partial charge in [-0.15, -0.1) is 0 Å². The topological polar surface area (TPSA) is 55.7 Å². The number of carbonyl (C=O) groups excluding carboxylic acids is 2. The van der Waals surface area contributed by atoms with Crippen molar-refractivity contribution in [2.45, 2.75) is 40.0 Å². The molecule has 0 aromatic rings. The van der Waals surface area contributed by atoms with E-state index >= 15 is 0 Å². The van der Waals surface area contributed by atoms with Crippen molar-refractivity contribution in [2.75, 3.05) is 6.61 Å². The van der Waals surface area contributed by atoms with Crippen molar-refractivity contribution in [3.05, 3.63) is 24.3 Å². The van der Waals surface area contributed by atoms with Gasteiger partial charge in [-0.3, -0.25) is 4.79 Å². The first kappa shape index (κ1) is 16.3. The Hall–Kier alpha value is -1.71. The van der Waals surface area contributed by atoms with Gasteiger partial charge < -0.3 is 9.63 Å². The number of hydrogen-bond acceptors (Lipinski definition) is 4. The largest absolute Gasteiger partial charge is 0.391 e. The molecular formula is C16H23NO3. The highest BCUT2D eigenvalue weighted by atomic mass is 16.6. The predicted octanol–water partition coefficient (Wildman–Crippen LogP) is 3.09. The second kappa shape index (κ2) is 7.17. The Morgan fingerprint density at radius 3 is 2.85 bits per heavy atom. The fraction of sp³-hybridized carbons (Fsp3) is 0.562. The molecule has 0 N–H and O–H groups in total. The average molecular weight is 277 g/mol. The van der Waals surface area contributed by atoms with E-state index in [0.717, 1.165) is 12.7 Å². The number of rotatable bonds is 7. The Balaban J connectivity index is 3.05. The van der Waals surface area contributed by atoms with Crippen LogP contribution in [0.25, 0.3) is 0 Å². The molecule has 0 spiro atoms. The van der Waals surface area contributed by atoms with Gasteiger partial charge in [0.25, 0.3) is 0 Å². The second-order valence-corrected chi connectivity index (χ2v) is 5.66. The van der Waals surface area contributed by atoms with Gasteiger partial charge in [-0.05, 0) is 18.3 Å². The summed E-state index contributed by atoms with van der Waals surface area (Å²) in [7, 11) is 0. The minimum absolute atomic E-state index is 0.148. The van der Waals surface area contributed by atoms with Crippen LogP contribution in [0.1, 0.15) is 40.0 Å². The van der Waals surface area contributed by atoms with Crippen LogP contribution in [0, 0.1) is 11.3 Å². The molecule has 4 nitrogen and oxygen atoms in total. The third-order valence-electron chi connectivity index (χ3n) is 3.52. The third kappa shape index (κ3) is 3.65. The zero-order valence-electron chi connectivity index (χ0n) is 12.5. The van der Waals surface area contributed by atoms with Crippen LogP contribution in [0.2, 0.25) is 0 Å². The molecule has 1 aliphatic rings. The van der Waals surface area contributed by atoms with E-state index in [-0.39, 0.29) is 11.2 Å². The molecule has 1 rings (SSSR count). The number of ketones is 1. The molecule has 1 unspecified atom stereocenters. The monoisotopic (exact) mass is 277 g/mol. The van der Waals surface area contributed by atoms with E-state index in [1.54, 1.807) is 6.08 Å². The lowest BCUT2D eigenvalue weighted by molar-refractivity contribution is -0.129. The summed E-state index contributed by atoms with van der Waals surface area (Å²) in [6, 6.07) is 0. The van der Waals surface area contributed by atoms with E-state index in [4.69, 9.17) is 4.84 Å². The highest BCUT2D eigenvalue weighted by molar-refractivity contribution is 6.25. The lowest BCUT2D eigenvalue weighted by Crippen LogP contribution is -2.38. The standard InChI is InChI=1S/C16H23NO3/c1-5-7-14(17-20-10-6-2)12-8-9-16(3,4)13(11-18)15(12)19/h6,8,11,13H,2,5,7,9-10H2,1,3-4H3. The van der Waals surface area contributed by atoms with E-state index < -0.39 is 5.92 Å². The van der Waals surface area contributed by atoms with Crippen molar-refractivity contribution in [3.8, 4) is 0 Å². The van der Waals surface area contributed by atoms with Gasteiger partial charge in [0, 0.05) is 5.57 Å². The highest BCUT2D eigenvalue weighted by Gasteiger charge is 2.40.